The summed E-state index contributed by atoms with van der Waals surface area (Å²) < 4.78 is 0. The Morgan fingerprint density at radius 3 is 2.83 bits per heavy atom. The quantitative estimate of drug-likeness (QED) is 0.802. The highest BCUT2D eigenvalue weighted by Gasteiger charge is 2.21. The van der Waals surface area contributed by atoms with E-state index in [-0.39, 0.29) is 11.8 Å². The van der Waals surface area contributed by atoms with E-state index in [2.05, 4.69) is 16.7 Å². The summed E-state index contributed by atoms with van der Waals surface area (Å²) in [6.45, 7) is 4.16. The first-order valence-corrected chi connectivity index (χ1v) is 9.04. The molecule has 0 spiro atoms. The Bertz CT molecular complexity index is 582. The zero-order valence-electron chi connectivity index (χ0n) is 14.2. The smallest absolute Gasteiger partial charge is 0.222 e. The second-order valence-electron chi connectivity index (χ2n) is 6.86. The SMILES string of the molecule is O=C(CCC1CCNC1)NCc1ccccc1CN1CCCC1=O. The molecule has 0 radical (unpaired) electrons. The fourth-order valence-corrected chi connectivity index (χ4v) is 3.54. The molecule has 5 nitrogen and oxygen atoms in total. The first kappa shape index (κ1) is 17.0. The summed E-state index contributed by atoms with van der Waals surface area (Å²) in [5.41, 5.74) is 2.24. The van der Waals surface area contributed by atoms with Gasteiger partial charge in [0.05, 0.1) is 0 Å². The Hall–Kier alpha value is -1.88. The van der Waals surface area contributed by atoms with E-state index in [1.165, 1.54) is 6.42 Å². The van der Waals surface area contributed by atoms with Gasteiger partial charge in [-0.2, -0.15) is 0 Å². The van der Waals surface area contributed by atoms with E-state index in [0.717, 1.165) is 43.6 Å². The molecule has 1 unspecified atom stereocenters. The summed E-state index contributed by atoms with van der Waals surface area (Å²) in [4.78, 5) is 25.8. The van der Waals surface area contributed by atoms with Gasteiger partial charge in [0.2, 0.25) is 11.8 Å². The second-order valence-corrected chi connectivity index (χ2v) is 6.86. The number of rotatable bonds is 7. The molecular formula is C19H27N3O2. The molecule has 2 heterocycles. The molecule has 0 saturated carbocycles. The van der Waals surface area contributed by atoms with Gasteiger partial charge in [-0.15, -0.1) is 0 Å². The number of likely N-dealkylation sites (tertiary alicyclic amines) is 1. The summed E-state index contributed by atoms with van der Waals surface area (Å²) in [6.07, 6.45) is 4.35. The number of benzene rings is 1. The van der Waals surface area contributed by atoms with Crippen molar-refractivity contribution in [2.24, 2.45) is 5.92 Å². The zero-order chi connectivity index (χ0) is 16.8. The minimum Gasteiger partial charge on any atom is -0.352 e. The van der Waals surface area contributed by atoms with Gasteiger partial charge in [0.1, 0.15) is 0 Å². The van der Waals surface area contributed by atoms with E-state index < -0.39 is 0 Å². The van der Waals surface area contributed by atoms with Gasteiger partial charge >= 0.3 is 0 Å². The predicted octanol–water partition coefficient (Wildman–Crippen LogP) is 1.81. The topological polar surface area (TPSA) is 61.4 Å². The molecule has 5 heteroatoms. The largest absolute Gasteiger partial charge is 0.352 e. The molecular weight excluding hydrogens is 302 g/mol. The molecule has 1 aromatic rings. The van der Waals surface area contributed by atoms with Crippen molar-refractivity contribution in [3.05, 3.63) is 35.4 Å². The number of hydrogen-bond donors (Lipinski definition) is 2. The Morgan fingerprint density at radius 1 is 1.29 bits per heavy atom. The van der Waals surface area contributed by atoms with Crippen LogP contribution in [0.3, 0.4) is 0 Å². The molecule has 2 N–H and O–H groups in total. The average molecular weight is 329 g/mol. The minimum atomic E-state index is 0.119. The van der Waals surface area contributed by atoms with Crippen molar-refractivity contribution in [3.63, 3.8) is 0 Å². The Labute approximate surface area is 143 Å². The van der Waals surface area contributed by atoms with Crippen LogP contribution in [0.5, 0.6) is 0 Å². The van der Waals surface area contributed by atoms with E-state index >= 15 is 0 Å². The molecule has 2 saturated heterocycles. The van der Waals surface area contributed by atoms with Crippen LogP contribution in [0, 0.1) is 5.92 Å². The van der Waals surface area contributed by atoms with Gasteiger partial charge in [-0.25, -0.2) is 0 Å². The minimum absolute atomic E-state index is 0.119. The summed E-state index contributed by atoms with van der Waals surface area (Å²) in [7, 11) is 0. The average Bonchev–Trinajstić information content (AvgIpc) is 3.24. The van der Waals surface area contributed by atoms with Crippen molar-refractivity contribution in [1.82, 2.24) is 15.5 Å². The Kier molecular flexibility index (Phi) is 5.86. The summed E-state index contributed by atoms with van der Waals surface area (Å²) in [5, 5.41) is 6.37. The van der Waals surface area contributed by atoms with E-state index in [0.29, 0.717) is 31.8 Å². The fourth-order valence-electron chi connectivity index (χ4n) is 3.54. The maximum absolute atomic E-state index is 12.1. The molecule has 0 bridgehead atoms. The van der Waals surface area contributed by atoms with Crippen LogP contribution in [0.1, 0.15) is 43.2 Å². The van der Waals surface area contributed by atoms with E-state index in [1.807, 2.05) is 23.1 Å². The van der Waals surface area contributed by atoms with Crippen LogP contribution in [0.25, 0.3) is 0 Å². The van der Waals surface area contributed by atoms with Gasteiger partial charge in [-0.1, -0.05) is 24.3 Å². The number of nitrogens with zero attached hydrogens (tertiary/aromatic N) is 1. The van der Waals surface area contributed by atoms with Crippen molar-refractivity contribution in [1.29, 1.82) is 0 Å². The molecule has 3 rings (SSSR count). The maximum Gasteiger partial charge on any atom is 0.222 e. The van der Waals surface area contributed by atoms with Crippen molar-refractivity contribution in [2.45, 2.75) is 45.2 Å². The molecule has 1 atom stereocenters. The van der Waals surface area contributed by atoms with Crippen molar-refractivity contribution >= 4 is 11.8 Å². The molecule has 1 aromatic carbocycles. The molecule has 2 aliphatic heterocycles. The lowest BCUT2D eigenvalue weighted by Crippen LogP contribution is -2.27. The molecule has 2 aliphatic rings. The van der Waals surface area contributed by atoms with Crippen LogP contribution in [0.4, 0.5) is 0 Å². The zero-order valence-corrected chi connectivity index (χ0v) is 14.2. The van der Waals surface area contributed by atoms with E-state index in [9.17, 15) is 9.59 Å². The third-order valence-electron chi connectivity index (χ3n) is 5.07. The van der Waals surface area contributed by atoms with Crippen molar-refractivity contribution in [2.75, 3.05) is 19.6 Å². The van der Waals surface area contributed by atoms with Gasteiger partial charge in [-0.05, 0) is 49.4 Å². The summed E-state index contributed by atoms with van der Waals surface area (Å²) in [6, 6.07) is 8.07. The van der Waals surface area contributed by atoms with Crippen LogP contribution in [-0.4, -0.2) is 36.3 Å². The molecule has 0 aliphatic carbocycles. The van der Waals surface area contributed by atoms with Crippen LogP contribution in [-0.2, 0) is 22.7 Å². The maximum atomic E-state index is 12.1. The van der Waals surface area contributed by atoms with Crippen LogP contribution in [0.2, 0.25) is 0 Å². The van der Waals surface area contributed by atoms with Gasteiger partial charge < -0.3 is 15.5 Å². The normalized spacial score (nSPS) is 20.6. The molecule has 2 fully saturated rings. The Balaban J connectivity index is 1.49. The van der Waals surface area contributed by atoms with Crippen molar-refractivity contribution < 1.29 is 9.59 Å². The number of amides is 2. The van der Waals surface area contributed by atoms with Gasteiger partial charge in [0.15, 0.2) is 0 Å². The lowest BCUT2D eigenvalue weighted by Gasteiger charge is -2.18. The molecule has 24 heavy (non-hydrogen) atoms. The number of hydrogen-bond acceptors (Lipinski definition) is 3. The second kappa shape index (κ2) is 8.29. The molecule has 2 amide bonds. The first-order chi connectivity index (χ1) is 11.7. The van der Waals surface area contributed by atoms with Crippen LogP contribution < -0.4 is 10.6 Å². The third-order valence-corrected chi connectivity index (χ3v) is 5.07. The van der Waals surface area contributed by atoms with Gasteiger partial charge in [0.25, 0.3) is 0 Å². The van der Waals surface area contributed by atoms with Gasteiger partial charge in [0, 0.05) is 32.5 Å². The monoisotopic (exact) mass is 329 g/mol. The lowest BCUT2D eigenvalue weighted by atomic mass is 10.0. The highest BCUT2D eigenvalue weighted by Crippen LogP contribution is 2.18. The number of carbonyl (C=O) groups is 2. The standard InChI is InChI=1S/C19H27N3O2/c23-18(8-7-15-9-10-20-12-15)21-13-16-4-1-2-5-17(16)14-22-11-3-6-19(22)24/h1-2,4-5,15,20H,3,6-14H2,(H,21,23). The van der Waals surface area contributed by atoms with E-state index in [4.69, 9.17) is 0 Å². The van der Waals surface area contributed by atoms with Crippen LogP contribution in [0.15, 0.2) is 24.3 Å². The lowest BCUT2D eigenvalue weighted by molar-refractivity contribution is -0.128. The molecule has 130 valence electrons. The third kappa shape index (κ3) is 4.57. The van der Waals surface area contributed by atoms with Crippen LogP contribution >= 0.6 is 0 Å². The first-order valence-electron chi connectivity index (χ1n) is 9.04. The number of carbonyl (C=O) groups excluding carboxylic acids is 2. The number of nitrogens with one attached hydrogen (secondary N) is 2. The summed E-state index contributed by atoms with van der Waals surface area (Å²) in [5.74, 6) is 0.997. The van der Waals surface area contributed by atoms with E-state index in [1.54, 1.807) is 0 Å². The highest BCUT2D eigenvalue weighted by molar-refractivity contribution is 5.78. The summed E-state index contributed by atoms with van der Waals surface area (Å²) >= 11 is 0. The Morgan fingerprint density at radius 2 is 2.12 bits per heavy atom. The molecule has 0 aromatic heterocycles. The van der Waals surface area contributed by atoms with Gasteiger partial charge in [-0.3, -0.25) is 9.59 Å². The fraction of sp³-hybridized carbons (Fsp3) is 0.579. The van der Waals surface area contributed by atoms with Crippen molar-refractivity contribution in [3.8, 4) is 0 Å². The predicted molar refractivity (Wildman–Crippen MR) is 93.2 cm³/mol. The highest BCUT2D eigenvalue weighted by atomic mass is 16.2.